The van der Waals surface area contributed by atoms with Crippen LogP contribution in [-0.2, 0) is 33.2 Å². The summed E-state index contributed by atoms with van der Waals surface area (Å²) in [5.74, 6) is -1.45. The Hall–Kier alpha value is -2.59. The fourth-order valence-electron chi connectivity index (χ4n) is 1.66. The zero-order valence-electron chi connectivity index (χ0n) is 13.8. The van der Waals surface area contributed by atoms with Crippen LogP contribution in [0.4, 0.5) is 0 Å². The molecule has 2 aromatic carbocycles. The van der Waals surface area contributed by atoms with Crippen molar-refractivity contribution in [2.45, 2.75) is 0 Å². The maximum Gasteiger partial charge on any atom is 0.527 e. The quantitative estimate of drug-likeness (QED) is 0.159. The summed E-state index contributed by atoms with van der Waals surface area (Å²) in [5.41, 5.74) is 0.515. The summed E-state index contributed by atoms with van der Waals surface area (Å²) >= 11 is 0. The molecule has 0 atom stereocenters. The molecule has 0 aromatic heterocycles. The Bertz CT molecular complexity index is 717. The summed E-state index contributed by atoms with van der Waals surface area (Å²) in [7, 11) is -4.78. The molecular formula is C16H15O10P. The van der Waals surface area contributed by atoms with Gasteiger partial charge in [0.1, 0.15) is 0 Å². The molecule has 1 N–H and O–H groups in total. The summed E-state index contributed by atoms with van der Waals surface area (Å²) in [6, 6.07) is 16.0. The fourth-order valence-corrected chi connectivity index (χ4v) is 2.04. The van der Waals surface area contributed by atoms with Crippen molar-refractivity contribution < 1.29 is 47.6 Å². The highest BCUT2D eigenvalue weighted by atomic mass is 31.2. The Morgan fingerprint density at radius 3 is 1.48 bits per heavy atom. The van der Waals surface area contributed by atoms with Gasteiger partial charge in [-0.2, -0.15) is 9.78 Å². The highest BCUT2D eigenvalue weighted by molar-refractivity contribution is 7.47. The van der Waals surface area contributed by atoms with Crippen LogP contribution >= 0.6 is 7.82 Å². The van der Waals surface area contributed by atoms with Crippen molar-refractivity contribution in [1.29, 1.82) is 0 Å². The summed E-state index contributed by atoms with van der Waals surface area (Å²) in [6.45, 7) is -1.55. The van der Waals surface area contributed by atoms with Gasteiger partial charge in [0.05, 0.1) is 11.1 Å². The van der Waals surface area contributed by atoms with Crippen LogP contribution < -0.4 is 0 Å². The number of carbonyl (C=O) groups excluding carboxylic acids is 2. The molecule has 0 aliphatic carbocycles. The van der Waals surface area contributed by atoms with Crippen LogP contribution in [0.25, 0.3) is 0 Å². The SMILES string of the molecule is O=C(OCOOP(=O)(O)OOCOC(=O)c1ccccc1)c1ccccc1. The molecule has 144 valence electrons. The Labute approximate surface area is 153 Å². The maximum atomic E-state index is 11.6. The van der Waals surface area contributed by atoms with Crippen LogP contribution in [0.5, 0.6) is 0 Å². The van der Waals surface area contributed by atoms with Gasteiger partial charge in [-0.1, -0.05) is 36.4 Å². The Morgan fingerprint density at radius 2 is 1.11 bits per heavy atom. The minimum absolute atomic E-state index is 0.257. The zero-order chi connectivity index (χ0) is 19.5. The lowest BCUT2D eigenvalue weighted by molar-refractivity contribution is -0.314. The minimum atomic E-state index is -4.78. The molecule has 0 saturated carbocycles. The molecule has 0 unspecified atom stereocenters. The molecule has 0 aliphatic rings. The molecular weight excluding hydrogens is 383 g/mol. The van der Waals surface area contributed by atoms with Crippen LogP contribution in [0.15, 0.2) is 60.7 Å². The lowest BCUT2D eigenvalue weighted by Gasteiger charge is -2.10. The minimum Gasteiger partial charge on any atom is -0.432 e. The van der Waals surface area contributed by atoms with Gasteiger partial charge in [0.15, 0.2) is 0 Å². The van der Waals surface area contributed by atoms with E-state index in [0.29, 0.717) is 0 Å². The van der Waals surface area contributed by atoms with Gasteiger partial charge in [0, 0.05) is 0 Å². The van der Waals surface area contributed by atoms with Gasteiger partial charge in [-0.25, -0.2) is 14.2 Å². The number of esters is 2. The molecule has 0 saturated heterocycles. The van der Waals surface area contributed by atoms with Crippen molar-refractivity contribution >= 4 is 19.8 Å². The van der Waals surface area contributed by atoms with Crippen LogP contribution in [0.1, 0.15) is 20.7 Å². The van der Waals surface area contributed by atoms with E-state index in [2.05, 4.69) is 28.6 Å². The van der Waals surface area contributed by atoms with Gasteiger partial charge in [0.25, 0.3) is 0 Å². The van der Waals surface area contributed by atoms with Gasteiger partial charge < -0.3 is 9.47 Å². The first-order valence-corrected chi connectivity index (χ1v) is 8.87. The number of ether oxygens (including phenoxy) is 2. The van der Waals surface area contributed by atoms with E-state index >= 15 is 0 Å². The van der Waals surface area contributed by atoms with E-state index in [1.54, 1.807) is 36.4 Å². The largest absolute Gasteiger partial charge is 0.527 e. The number of rotatable bonds is 10. The van der Waals surface area contributed by atoms with Crippen molar-refractivity contribution in [3.63, 3.8) is 0 Å². The van der Waals surface area contributed by atoms with E-state index in [-0.39, 0.29) is 11.1 Å². The molecule has 0 fully saturated rings. The van der Waals surface area contributed by atoms with Crippen molar-refractivity contribution in [3.05, 3.63) is 71.8 Å². The molecule has 2 aromatic rings. The van der Waals surface area contributed by atoms with Gasteiger partial charge in [-0.15, -0.1) is 9.35 Å². The normalized spacial score (nSPS) is 11.0. The van der Waals surface area contributed by atoms with Gasteiger partial charge >= 0.3 is 19.8 Å². The lowest BCUT2D eigenvalue weighted by atomic mass is 10.2. The molecule has 0 bridgehead atoms. The first-order chi connectivity index (χ1) is 13.0. The first-order valence-electron chi connectivity index (χ1n) is 7.37. The fraction of sp³-hybridized carbons (Fsp3) is 0.125. The van der Waals surface area contributed by atoms with Crippen molar-refractivity contribution in [2.24, 2.45) is 0 Å². The Balaban J connectivity index is 1.60. The summed E-state index contributed by atoms with van der Waals surface area (Å²) in [5, 5.41) is 0. The highest BCUT2D eigenvalue weighted by Gasteiger charge is 2.25. The van der Waals surface area contributed by atoms with Crippen LogP contribution in [0.2, 0.25) is 0 Å². The zero-order valence-corrected chi connectivity index (χ0v) is 14.7. The Kier molecular flexibility index (Phi) is 8.08. The van der Waals surface area contributed by atoms with E-state index in [0.717, 1.165) is 0 Å². The predicted octanol–water partition coefficient (Wildman–Crippen LogP) is 2.61. The number of phosphoric acid groups is 1. The monoisotopic (exact) mass is 398 g/mol. The molecule has 27 heavy (non-hydrogen) atoms. The van der Waals surface area contributed by atoms with Gasteiger partial charge in [0.2, 0.25) is 13.6 Å². The van der Waals surface area contributed by atoms with E-state index in [1.807, 2.05) is 0 Å². The predicted molar refractivity (Wildman–Crippen MR) is 87.6 cm³/mol. The number of hydrogen-bond donors (Lipinski definition) is 1. The van der Waals surface area contributed by atoms with E-state index in [9.17, 15) is 19.0 Å². The third-order valence-electron chi connectivity index (χ3n) is 2.79. The molecule has 2 rings (SSSR count). The first kappa shape index (κ1) is 20.7. The maximum absolute atomic E-state index is 11.6. The smallest absolute Gasteiger partial charge is 0.432 e. The van der Waals surface area contributed by atoms with Gasteiger partial charge in [-0.05, 0) is 24.3 Å². The number of hydrogen-bond acceptors (Lipinski definition) is 9. The third-order valence-corrected chi connectivity index (χ3v) is 3.38. The Morgan fingerprint density at radius 1 is 0.741 bits per heavy atom. The molecule has 0 heterocycles. The van der Waals surface area contributed by atoms with Gasteiger partial charge in [-0.3, -0.25) is 4.89 Å². The topological polar surface area (TPSA) is 127 Å². The second-order valence-corrected chi connectivity index (χ2v) is 5.92. The molecule has 0 spiro atoms. The average Bonchev–Trinajstić information content (AvgIpc) is 2.69. The summed E-state index contributed by atoms with van der Waals surface area (Å²) < 4.78 is 28.8. The average molecular weight is 398 g/mol. The molecule has 0 aliphatic heterocycles. The van der Waals surface area contributed by atoms with Crippen LogP contribution in [-0.4, -0.2) is 30.4 Å². The lowest BCUT2D eigenvalue weighted by Crippen LogP contribution is -2.10. The standard InChI is InChI=1S/C16H15O10P/c17-15(13-7-3-1-4-8-13)21-11-23-25-27(19,20)26-24-12-22-16(18)14-9-5-2-6-10-14/h1-10H,11-12H2,(H,19,20). The van der Waals surface area contributed by atoms with Crippen molar-refractivity contribution in [1.82, 2.24) is 0 Å². The number of benzene rings is 2. The highest BCUT2D eigenvalue weighted by Crippen LogP contribution is 2.43. The number of carbonyl (C=O) groups is 2. The molecule has 0 radical (unpaired) electrons. The summed E-state index contributed by atoms with van der Waals surface area (Å²) in [6.07, 6.45) is 0. The van der Waals surface area contributed by atoms with Crippen LogP contribution in [0, 0.1) is 0 Å². The second kappa shape index (κ2) is 10.5. The molecule has 11 heteroatoms. The third kappa shape index (κ3) is 7.67. The summed E-state index contributed by atoms with van der Waals surface area (Å²) in [4.78, 5) is 40.9. The van der Waals surface area contributed by atoms with E-state index < -0.39 is 33.3 Å². The van der Waals surface area contributed by atoms with Crippen molar-refractivity contribution in [2.75, 3.05) is 13.6 Å². The molecule has 10 nitrogen and oxygen atoms in total. The van der Waals surface area contributed by atoms with E-state index in [4.69, 9.17) is 0 Å². The van der Waals surface area contributed by atoms with Crippen molar-refractivity contribution in [3.8, 4) is 0 Å². The molecule has 0 amide bonds. The van der Waals surface area contributed by atoms with Crippen LogP contribution in [0.3, 0.4) is 0 Å². The second-order valence-electron chi connectivity index (χ2n) is 4.68. The van der Waals surface area contributed by atoms with E-state index in [1.165, 1.54) is 24.3 Å².